The number of likely N-dealkylation sites (tertiary alicyclic amines) is 1. The number of benzene rings is 5. The number of methoxy groups -OCH3 is 1. The lowest BCUT2D eigenvalue weighted by Gasteiger charge is -2.50. The number of imide groups is 2. The first-order valence-corrected chi connectivity index (χ1v) is 18.9. The molecule has 9 nitrogen and oxygen atoms in total. The highest BCUT2D eigenvalue weighted by molar-refractivity contribution is 6.36. The molecule has 0 spiro atoms. The normalized spacial score (nSPS) is 25.8. The third-order valence-electron chi connectivity index (χ3n) is 12.1. The third-order valence-corrected chi connectivity index (χ3v) is 12.6. The van der Waals surface area contributed by atoms with Gasteiger partial charge in [0.15, 0.2) is 0 Å². The Morgan fingerprint density at radius 2 is 1.58 bits per heavy atom. The molecule has 2 aliphatic heterocycles. The largest absolute Gasteiger partial charge is 0.507 e. The number of phenols is 1. The average Bonchev–Trinajstić information content (AvgIpc) is 3.57. The number of phenolic OH excluding ortho intramolecular Hbond substituents is 1. The summed E-state index contributed by atoms with van der Waals surface area (Å²) in [5.74, 6) is -4.97. The van der Waals surface area contributed by atoms with Crippen molar-refractivity contribution >= 4 is 63.3 Å². The third kappa shape index (κ3) is 5.28. The van der Waals surface area contributed by atoms with Crippen molar-refractivity contribution < 1.29 is 29.0 Å². The van der Waals surface area contributed by atoms with Gasteiger partial charge in [-0.25, -0.2) is 0 Å². The summed E-state index contributed by atoms with van der Waals surface area (Å²) in [5, 5.41) is 15.2. The number of hydrogen-bond acceptors (Lipinski definition) is 7. The lowest BCUT2D eigenvalue weighted by molar-refractivity contribution is -0.142. The summed E-state index contributed by atoms with van der Waals surface area (Å²) in [6, 6.07) is 32.3. The Morgan fingerprint density at radius 1 is 0.836 bits per heavy atom. The molecule has 6 atom stereocenters. The summed E-state index contributed by atoms with van der Waals surface area (Å²) in [7, 11) is 1.55. The summed E-state index contributed by atoms with van der Waals surface area (Å²) >= 11 is 12.8. The van der Waals surface area contributed by atoms with Crippen molar-refractivity contribution in [2.45, 2.75) is 30.7 Å². The van der Waals surface area contributed by atoms with Gasteiger partial charge < -0.3 is 9.84 Å². The summed E-state index contributed by atoms with van der Waals surface area (Å²) in [6.07, 6.45) is 2.36. The van der Waals surface area contributed by atoms with Crippen molar-refractivity contribution in [2.24, 2.45) is 23.7 Å². The maximum Gasteiger partial charge on any atom is 0.260 e. The molecule has 1 saturated carbocycles. The molecular weight excluding hydrogens is 737 g/mol. The number of fused-ring (bicyclic) bond motifs is 5. The number of ether oxygens (including phenoxy) is 1. The number of nitrogens with zero attached hydrogens (tertiary/aromatic N) is 2. The van der Waals surface area contributed by atoms with Gasteiger partial charge in [-0.1, -0.05) is 114 Å². The zero-order valence-corrected chi connectivity index (χ0v) is 31.1. The van der Waals surface area contributed by atoms with Crippen LogP contribution in [-0.4, -0.2) is 45.8 Å². The van der Waals surface area contributed by atoms with Gasteiger partial charge in [-0.3, -0.25) is 29.5 Å². The van der Waals surface area contributed by atoms with Crippen LogP contribution in [0.2, 0.25) is 10.0 Å². The van der Waals surface area contributed by atoms with Gasteiger partial charge in [0.25, 0.3) is 11.8 Å². The topological polar surface area (TPSA) is 116 Å². The van der Waals surface area contributed by atoms with Crippen LogP contribution in [-0.2, 0) is 31.1 Å². The molecule has 4 amide bonds. The lowest BCUT2D eigenvalue weighted by Crippen LogP contribution is -2.53. The van der Waals surface area contributed by atoms with E-state index in [4.69, 9.17) is 27.9 Å². The SMILES string of the molecule is COc1ccc(C23C(=O)N(Nc4ccc(Cl)cc4Cl)C(=O)C2CC2C(=CCC4C(=O)N(Cc5ccccc5)C(=O)C42)C3c2ccc3ccccc3c2O)cc1. The minimum absolute atomic E-state index is 0.0228. The van der Waals surface area contributed by atoms with E-state index < -0.39 is 46.8 Å². The molecule has 2 heterocycles. The molecule has 55 heavy (non-hydrogen) atoms. The Morgan fingerprint density at radius 3 is 2.33 bits per heavy atom. The minimum atomic E-state index is -1.60. The highest BCUT2D eigenvalue weighted by Crippen LogP contribution is 2.65. The van der Waals surface area contributed by atoms with Gasteiger partial charge in [-0.2, -0.15) is 5.01 Å². The van der Waals surface area contributed by atoms with Gasteiger partial charge >= 0.3 is 0 Å². The molecule has 5 aromatic rings. The second kappa shape index (κ2) is 13.3. The average molecular weight is 773 g/mol. The van der Waals surface area contributed by atoms with E-state index >= 15 is 9.59 Å². The summed E-state index contributed by atoms with van der Waals surface area (Å²) < 4.78 is 5.50. The number of anilines is 1. The molecule has 276 valence electrons. The van der Waals surface area contributed by atoms with Gasteiger partial charge in [-0.05, 0) is 65.6 Å². The van der Waals surface area contributed by atoms with Crippen molar-refractivity contribution in [3.8, 4) is 11.5 Å². The Balaban J connectivity index is 1.26. The van der Waals surface area contributed by atoms with E-state index in [-0.39, 0.29) is 42.0 Å². The monoisotopic (exact) mass is 771 g/mol. The van der Waals surface area contributed by atoms with Crippen LogP contribution in [0.1, 0.15) is 35.4 Å². The van der Waals surface area contributed by atoms with Crippen LogP contribution in [0.15, 0.2) is 121 Å². The molecule has 3 fully saturated rings. The molecule has 0 aromatic heterocycles. The molecule has 6 unspecified atom stereocenters. The number of nitrogens with one attached hydrogen (secondary N) is 1. The van der Waals surface area contributed by atoms with Gasteiger partial charge in [0, 0.05) is 21.9 Å². The van der Waals surface area contributed by atoms with E-state index in [1.165, 1.54) is 11.0 Å². The standard InChI is InChI=1S/C44H35Cl2N3O6/c1-55-28-15-12-26(13-16-28)44-34(41(52)49(43(44)54)47-36-20-14-27(45)21-35(36)46)22-33-30(38(44)32-17-11-25-9-5-6-10-29(25)39(32)50)18-19-31-37(33)42(53)48(40(31)51)23-24-7-3-2-4-8-24/h2-18,20-21,31,33-34,37-38,47,50H,19,22-23H2,1H3. The number of carbonyl (C=O) groups is 4. The fraction of sp³-hybridized carbons (Fsp3) is 0.227. The number of rotatable bonds is 7. The summed E-state index contributed by atoms with van der Waals surface area (Å²) in [5.41, 5.74) is 4.27. The van der Waals surface area contributed by atoms with Gasteiger partial charge in [0.2, 0.25) is 11.8 Å². The molecule has 4 aliphatic rings. The zero-order valence-electron chi connectivity index (χ0n) is 29.6. The Kier molecular flexibility index (Phi) is 8.47. The number of hydrazine groups is 1. The Labute approximate surface area is 327 Å². The predicted molar refractivity (Wildman–Crippen MR) is 208 cm³/mol. The quantitative estimate of drug-likeness (QED) is 0.127. The molecule has 2 saturated heterocycles. The highest BCUT2D eigenvalue weighted by atomic mass is 35.5. The van der Waals surface area contributed by atoms with Crippen LogP contribution in [0.25, 0.3) is 10.8 Å². The number of halogens is 2. The van der Waals surface area contributed by atoms with Crippen molar-refractivity contribution in [3.05, 3.63) is 148 Å². The van der Waals surface area contributed by atoms with E-state index in [1.54, 1.807) is 43.5 Å². The van der Waals surface area contributed by atoms with Crippen LogP contribution in [0.3, 0.4) is 0 Å². The first-order valence-electron chi connectivity index (χ1n) is 18.2. The first-order chi connectivity index (χ1) is 26.6. The van der Waals surface area contributed by atoms with Crippen LogP contribution in [0.4, 0.5) is 5.69 Å². The number of hydrogen-bond donors (Lipinski definition) is 2. The lowest BCUT2D eigenvalue weighted by atomic mass is 9.49. The van der Waals surface area contributed by atoms with Crippen LogP contribution < -0.4 is 10.2 Å². The predicted octanol–water partition coefficient (Wildman–Crippen LogP) is 8.05. The van der Waals surface area contributed by atoms with E-state index in [0.717, 1.165) is 21.5 Å². The molecule has 0 radical (unpaired) electrons. The van der Waals surface area contributed by atoms with Crippen LogP contribution >= 0.6 is 23.2 Å². The van der Waals surface area contributed by atoms with E-state index in [1.807, 2.05) is 72.8 Å². The van der Waals surface area contributed by atoms with E-state index in [9.17, 15) is 14.7 Å². The van der Waals surface area contributed by atoms with Crippen molar-refractivity contribution in [1.29, 1.82) is 0 Å². The fourth-order valence-corrected chi connectivity index (χ4v) is 10.1. The number of allylic oxidation sites excluding steroid dienone is 2. The van der Waals surface area contributed by atoms with Crippen molar-refractivity contribution in [3.63, 3.8) is 0 Å². The van der Waals surface area contributed by atoms with Gasteiger partial charge in [0.1, 0.15) is 11.5 Å². The Bertz CT molecular complexity index is 2450. The van der Waals surface area contributed by atoms with E-state index in [2.05, 4.69) is 5.43 Å². The first kappa shape index (κ1) is 35.1. The van der Waals surface area contributed by atoms with Crippen molar-refractivity contribution in [1.82, 2.24) is 9.91 Å². The van der Waals surface area contributed by atoms with Crippen LogP contribution in [0, 0.1) is 23.7 Å². The highest BCUT2D eigenvalue weighted by Gasteiger charge is 2.70. The van der Waals surface area contributed by atoms with Gasteiger partial charge in [-0.15, -0.1) is 0 Å². The summed E-state index contributed by atoms with van der Waals surface area (Å²) in [6.45, 7) is 0.138. The second-order valence-electron chi connectivity index (χ2n) is 14.7. The Hall–Kier alpha value is -5.64. The molecule has 2 aliphatic carbocycles. The molecule has 9 rings (SSSR count). The number of carbonyl (C=O) groups excluding carboxylic acids is 4. The number of amides is 4. The molecule has 5 aromatic carbocycles. The van der Waals surface area contributed by atoms with Crippen LogP contribution in [0.5, 0.6) is 11.5 Å². The molecule has 2 N–H and O–H groups in total. The fourth-order valence-electron chi connectivity index (χ4n) is 9.68. The van der Waals surface area contributed by atoms with Gasteiger partial charge in [0.05, 0.1) is 47.5 Å². The molecular formula is C44H35Cl2N3O6. The molecule has 11 heteroatoms. The zero-order chi connectivity index (χ0) is 38.2. The second-order valence-corrected chi connectivity index (χ2v) is 15.5. The maximum atomic E-state index is 15.5. The van der Waals surface area contributed by atoms with Crippen molar-refractivity contribution in [2.75, 3.05) is 12.5 Å². The maximum absolute atomic E-state index is 15.5. The summed E-state index contributed by atoms with van der Waals surface area (Å²) in [4.78, 5) is 60.5. The van der Waals surface area contributed by atoms with E-state index in [0.29, 0.717) is 33.0 Å². The number of aromatic hydroxyl groups is 1. The minimum Gasteiger partial charge on any atom is -0.507 e. The molecule has 0 bridgehead atoms. The smallest absolute Gasteiger partial charge is 0.260 e.